The smallest absolute Gasteiger partial charge is 0.302 e. The fourth-order valence-corrected chi connectivity index (χ4v) is 1.51. The minimum atomic E-state index is -4.27. The molecular weight excluding hydrogens is 215 g/mol. The van der Waals surface area contributed by atoms with Gasteiger partial charge in [0.2, 0.25) is 0 Å². The molecule has 1 heterocycles. The summed E-state index contributed by atoms with van der Waals surface area (Å²) in [7, 11) is 0. The molecule has 0 amide bonds. The Morgan fingerprint density at radius 3 is 2.71 bits per heavy atom. The first-order valence-electron chi connectivity index (χ1n) is 3.83. The number of ketones is 1. The van der Waals surface area contributed by atoms with Gasteiger partial charge in [-0.3, -0.25) is 4.79 Å². The van der Waals surface area contributed by atoms with Crippen LogP contribution in [0, 0.1) is 0 Å². The van der Waals surface area contributed by atoms with Crippen LogP contribution in [-0.2, 0) is 0 Å². The maximum atomic E-state index is 11.7. The summed E-state index contributed by atoms with van der Waals surface area (Å²) in [4.78, 5) is 11.6. The van der Waals surface area contributed by atoms with Gasteiger partial charge in [-0.25, -0.2) is 0 Å². The molecule has 1 N–H and O–H groups in total. The first kappa shape index (κ1) is 11.2. The van der Waals surface area contributed by atoms with Gasteiger partial charge in [-0.05, 0) is 11.4 Å². The van der Waals surface area contributed by atoms with Crippen LogP contribution in [0.1, 0.15) is 9.67 Å². The van der Waals surface area contributed by atoms with Crippen molar-refractivity contribution in [2.45, 2.75) is 6.18 Å². The average molecular weight is 223 g/mol. The third-order valence-corrected chi connectivity index (χ3v) is 2.32. The number of hydrogen-bond donors (Lipinski definition) is 1. The molecule has 0 saturated carbocycles. The predicted molar refractivity (Wildman–Crippen MR) is 47.6 cm³/mol. The van der Waals surface area contributed by atoms with E-state index in [1.54, 1.807) is 17.5 Å². The highest BCUT2D eigenvalue weighted by molar-refractivity contribution is 7.12. The number of thiophene rings is 1. The van der Waals surface area contributed by atoms with E-state index in [2.05, 4.69) is 0 Å². The number of carbonyl (C=O) groups excluding carboxylic acids is 1. The topological polar surface area (TPSA) is 29.1 Å². The molecule has 1 rings (SSSR count). The van der Waals surface area contributed by atoms with Crippen molar-refractivity contribution in [1.82, 2.24) is 5.32 Å². The van der Waals surface area contributed by atoms with Crippen molar-refractivity contribution in [2.75, 3.05) is 13.1 Å². The lowest BCUT2D eigenvalue weighted by atomic mass is 10.3. The second-order valence-electron chi connectivity index (χ2n) is 2.62. The van der Waals surface area contributed by atoms with Crippen molar-refractivity contribution in [3.8, 4) is 0 Å². The van der Waals surface area contributed by atoms with Crippen molar-refractivity contribution >= 4 is 17.1 Å². The van der Waals surface area contributed by atoms with Gasteiger partial charge in [-0.1, -0.05) is 6.07 Å². The second kappa shape index (κ2) is 4.56. The molecule has 0 spiro atoms. The van der Waals surface area contributed by atoms with Crippen LogP contribution in [0.2, 0.25) is 0 Å². The van der Waals surface area contributed by atoms with E-state index in [-0.39, 0.29) is 12.3 Å². The van der Waals surface area contributed by atoms with Gasteiger partial charge >= 0.3 is 6.18 Å². The molecule has 0 aliphatic rings. The highest BCUT2D eigenvalue weighted by Gasteiger charge is 2.26. The molecule has 78 valence electrons. The van der Waals surface area contributed by atoms with Gasteiger partial charge in [0.15, 0.2) is 5.78 Å². The number of rotatable bonds is 4. The summed E-state index contributed by atoms with van der Waals surface area (Å²) in [5.41, 5.74) is 0. The van der Waals surface area contributed by atoms with E-state index in [1.807, 2.05) is 5.32 Å². The molecule has 6 heteroatoms. The van der Waals surface area contributed by atoms with Crippen LogP contribution < -0.4 is 5.32 Å². The Morgan fingerprint density at radius 2 is 2.21 bits per heavy atom. The molecule has 1 aromatic heterocycles. The molecule has 2 nitrogen and oxygen atoms in total. The summed E-state index contributed by atoms with van der Waals surface area (Å²) in [5, 5.41) is 3.75. The van der Waals surface area contributed by atoms with Gasteiger partial charge in [-0.15, -0.1) is 11.3 Å². The molecule has 0 saturated heterocycles. The van der Waals surface area contributed by atoms with Crippen LogP contribution in [-0.4, -0.2) is 25.0 Å². The van der Waals surface area contributed by atoms with E-state index in [0.717, 1.165) is 0 Å². The molecule has 0 unspecified atom stereocenters. The molecule has 0 bridgehead atoms. The molecule has 0 fully saturated rings. The Labute approximate surface area is 82.7 Å². The van der Waals surface area contributed by atoms with Gasteiger partial charge < -0.3 is 5.32 Å². The lowest BCUT2D eigenvalue weighted by Gasteiger charge is -2.06. The Kier molecular flexibility index (Phi) is 3.65. The van der Waals surface area contributed by atoms with Crippen molar-refractivity contribution < 1.29 is 18.0 Å². The van der Waals surface area contributed by atoms with Crippen molar-refractivity contribution in [3.63, 3.8) is 0 Å². The summed E-state index contributed by atoms with van der Waals surface area (Å²) in [6.45, 7) is -1.41. The summed E-state index contributed by atoms with van der Waals surface area (Å²) in [6.07, 6.45) is -4.27. The number of Topliss-reactive ketones (excluding diaryl/α,β-unsaturated/α-hetero) is 1. The first-order chi connectivity index (χ1) is 6.49. The minimum Gasteiger partial charge on any atom is -0.302 e. The molecule has 0 radical (unpaired) electrons. The summed E-state index contributed by atoms with van der Waals surface area (Å²) in [5.74, 6) is -0.316. The normalized spacial score (nSPS) is 11.6. The van der Waals surface area contributed by atoms with Crippen LogP contribution in [0.15, 0.2) is 17.5 Å². The molecule has 0 aliphatic carbocycles. The molecule has 0 aliphatic heterocycles. The van der Waals surface area contributed by atoms with Gasteiger partial charge in [0.05, 0.1) is 18.0 Å². The maximum absolute atomic E-state index is 11.7. The SMILES string of the molecule is O=C(CNCC(F)(F)F)c1cccs1. The maximum Gasteiger partial charge on any atom is 0.401 e. The monoisotopic (exact) mass is 223 g/mol. The largest absolute Gasteiger partial charge is 0.401 e. The number of nitrogens with one attached hydrogen (secondary N) is 1. The third kappa shape index (κ3) is 3.89. The molecule has 14 heavy (non-hydrogen) atoms. The highest BCUT2D eigenvalue weighted by atomic mass is 32.1. The summed E-state index contributed by atoms with van der Waals surface area (Å²) in [6, 6.07) is 3.27. The highest BCUT2D eigenvalue weighted by Crippen LogP contribution is 2.12. The fourth-order valence-electron chi connectivity index (χ4n) is 0.842. The van der Waals surface area contributed by atoms with Crippen molar-refractivity contribution in [1.29, 1.82) is 0 Å². The Balaban J connectivity index is 2.30. The van der Waals surface area contributed by atoms with Gasteiger partial charge in [-0.2, -0.15) is 13.2 Å². The molecular formula is C8H8F3NOS. The van der Waals surface area contributed by atoms with Crippen molar-refractivity contribution in [2.24, 2.45) is 0 Å². The second-order valence-corrected chi connectivity index (χ2v) is 3.57. The number of hydrogen-bond acceptors (Lipinski definition) is 3. The average Bonchev–Trinajstić information content (AvgIpc) is 2.53. The van der Waals surface area contributed by atoms with Gasteiger partial charge in [0.25, 0.3) is 0 Å². The lowest BCUT2D eigenvalue weighted by Crippen LogP contribution is -2.32. The molecule has 0 aromatic carbocycles. The fraction of sp³-hybridized carbons (Fsp3) is 0.375. The number of alkyl halides is 3. The van der Waals surface area contributed by atoms with E-state index in [9.17, 15) is 18.0 Å². The van der Waals surface area contributed by atoms with E-state index in [4.69, 9.17) is 0 Å². The van der Waals surface area contributed by atoms with E-state index in [1.165, 1.54) is 11.3 Å². The Morgan fingerprint density at radius 1 is 1.50 bits per heavy atom. The minimum absolute atomic E-state index is 0.278. The van der Waals surface area contributed by atoms with Gasteiger partial charge in [0, 0.05) is 0 Å². The quantitative estimate of drug-likeness (QED) is 0.792. The summed E-state index contributed by atoms with van der Waals surface area (Å²) < 4.78 is 35.0. The zero-order valence-corrected chi connectivity index (χ0v) is 7.91. The van der Waals surface area contributed by atoms with Gasteiger partial charge in [0.1, 0.15) is 0 Å². The third-order valence-electron chi connectivity index (χ3n) is 1.41. The van der Waals surface area contributed by atoms with Crippen molar-refractivity contribution in [3.05, 3.63) is 22.4 Å². The standard InChI is InChI=1S/C8H8F3NOS/c9-8(10,11)5-12-4-6(13)7-2-1-3-14-7/h1-3,12H,4-5H2. The number of carbonyl (C=O) groups is 1. The van der Waals surface area contributed by atoms with E-state index < -0.39 is 12.7 Å². The Bertz CT molecular complexity index is 294. The lowest BCUT2D eigenvalue weighted by molar-refractivity contribution is -0.124. The van der Waals surface area contributed by atoms with E-state index >= 15 is 0 Å². The summed E-state index contributed by atoms with van der Waals surface area (Å²) >= 11 is 1.22. The van der Waals surface area contributed by atoms with Crippen LogP contribution in [0.25, 0.3) is 0 Å². The van der Waals surface area contributed by atoms with Crippen LogP contribution in [0.3, 0.4) is 0 Å². The van der Waals surface area contributed by atoms with Crippen LogP contribution in [0.4, 0.5) is 13.2 Å². The van der Waals surface area contributed by atoms with Crippen LogP contribution in [0.5, 0.6) is 0 Å². The Hall–Kier alpha value is -0.880. The zero-order valence-electron chi connectivity index (χ0n) is 7.10. The zero-order chi connectivity index (χ0) is 10.6. The predicted octanol–water partition coefficient (Wildman–Crippen LogP) is 2.08. The molecule has 0 atom stereocenters. The van der Waals surface area contributed by atoms with Crippen LogP contribution >= 0.6 is 11.3 Å². The number of halogens is 3. The first-order valence-corrected chi connectivity index (χ1v) is 4.71. The van der Waals surface area contributed by atoms with E-state index in [0.29, 0.717) is 4.88 Å². The molecule has 1 aromatic rings.